The molecule has 0 aliphatic rings. The number of hydrogen-bond donors (Lipinski definition) is 1. The number of aryl methyl sites for hydroxylation is 2. The first kappa shape index (κ1) is 17.2. The van der Waals surface area contributed by atoms with Crippen molar-refractivity contribution in [3.8, 4) is 5.75 Å². The van der Waals surface area contributed by atoms with Gasteiger partial charge in [0.05, 0.1) is 7.11 Å². The van der Waals surface area contributed by atoms with Gasteiger partial charge in [-0.3, -0.25) is 4.79 Å². The van der Waals surface area contributed by atoms with Gasteiger partial charge in [0.25, 0.3) is 0 Å². The van der Waals surface area contributed by atoms with Crippen LogP contribution in [0.1, 0.15) is 22.4 Å². The largest absolute Gasteiger partial charge is 0.497 e. The molecular weight excluding hydrogens is 340 g/mol. The molecule has 0 unspecified atom stereocenters. The maximum Gasteiger partial charge on any atom is 0.339 e. The summed E-state index contributed by atoms with van der Waals surface area (Å²) in [5, 5.41) is 4.15. The molecule has 0 bridgehead atoms. The van der Waals surface area contributed by atoms with Gasteiger partial charge in [0.1, 0.15) is 11.3 Å². The van der Waals surface area contributed by atoms with Crippen LogP contribution in [0.4, 0.5) is 5.13 Å². The number of aromatic nitrogens is 1. The average Bonchev–Trinajstić information content (AvgIpc) is 2.98. The van der Waals surface area contributed by atoms with Crippen molar-refractivity contribution in [2.45, 2.75) is 26.7 Å². The second kappa shape index (κ2) is 7.06. The van der Waals surface area contributed by atoms with Gasteiger partial charge in [-0.05, 0) is 38.0 Å². The number of fused-ring (bicyclic) bond motifs is 1. The molecule has 3 rings (SSSR count). The molecule has 0 radical (unpaired) electrons. The Bertz CT molecular complexity index is 990. The fourth-order valence-electron chi connectivity index (χ4n) is 2.62. The number of carbonyl (C=O) groups is 1. The second-order valence-electron chi connectivity index (χ2n) is 5.68. The smallest absolute Gasteiger partial charge is 0.339 e. The number of nitrogens with zero attached hydrogens (tertiary/aromatic N) is 1. The molecule has 0 aliphatic heterocycles. The van der Waals surface area contributed by atoms with Crippen molar-refractivity contribution in [3.05, 3.63) is 50.8 Å². The standard InChI is InChI=1S/C18H18N2O4S/c1-10-9-19-18(25-10)20-16(21)7-6-14-11(2)13-5-4-12(23-3)8-15(13)24-17(14)22/h4-5,8-9H,6-7H2,1-3H3,(H,19,20,21). The summed E-state index contributed by atoms with van der Waals surface area (Å²) < 4.78 is 10.5. The van der Waals surface area contributed by atoms with Crippen LogP contribution in [0.25, 0.3) is 11.0 Å². The summed E-state index contributed by atoms with van der Waals surface area (Å²) in [5.74, 6) is 0.448. The van der Waals surface area contributed by atoms with Crippen molar-refractivity contribution in [3.63, 3.8) is 0 Å². The van der Waals surface area contributed by atoms with E-state index >= 15 is 0 Å². The minimum Gasteiger partial charge on any atom is -0.497 e. The van der Waals surface area contributed by atoms with Gasteiger partial charge in [-0.1, -0.05) is 0 Å². The van der Waals surface area contributed by atoms with E-state index in [9.17, 15) is 9.59 Å². The van der Waals surface area contributed by atoms with Crippen LogP contribution in [-0.2, 0) is 11.2 Å². The Kier molecular flexibility index (Phi) is 4.85. The molecule has 1 N–H and O–H groups in total. The Labute approximate surface area is 148 Å². The molecule has 0 atom stereocenters. The lowest BCUT2D eigenvalue weighted by Crippen LogP contribution is -2.16. The predicted molar refractivity (Wildman–Crippen MR) is 97.6 cm³/mol. The average molecular weight is 358 g/mol. The Morgan fingerprint density at radius 1 is 1.36 bits per heavy atom. The summed E-state index contributed by atoms with van der Waals surface area (Å²) in [6.45, 7) is 3.79. The van der Waals surface area contributed by atoms with Crippen LogP contribution in [0.3, 0.4) is 0 Å². The lowest BCUT2D eigenvalue weighted by atomic mass is 10.0. The molecule has 7 heteroatoms. The predicted octanol–water partition coefficient (Wildman–Crippen LogP) is 3.45. The van der Waals surface area contributed by atoms with Crippen molar-refractivity contribution < 1.29 is 13.9 Å². The second-order valence-corrected chi connectivity index (χ2v) is 6.91. The number of thiazole rings is 1. The first-order valence-corrected chi connectivity index (χ1v) is 8.62. The van der Waals surface area contributed by atoms with Gasteiger partial charge >= 0.3 is 5.63 Å². The third kappa shape index (κ3) is 3.71. The molecule has 2 aromatic heterocycles. The molecule has 2 heterocycles. The number of anilines is 1. The van der Waals surface area contributed by atoms with Crippen molar-refractivity contribution in [2.75, 3.05) is 12.4 Å². The number of carbonyl (C=O) groups excluding carboxylic acids is 1. The SMILES string of the molecule is COc1ccc2c(C)c(CCC(=O)Nc3ncc(C)s3)c(=O)oc2c1. The Morgan fingerprint density at radius 3 is 2.84 bits per heavy atom. The molecule has 130 valence electrons. The van der Waals surface area contributed by atoms with Gasteiger partial charge in [-0.15, -0.1) is 11.3 Å². The zero-order valence-corrected chi connectivity index (χ0v) is 15.0. The summed E-state index contributed by atoms with van der Waals surface area (Å²) in [6, 6.07) is 5.36. The number of hydrogen-bond acceptors (Lipinski definition) is 6. The number of methoxy groups -OCH3 is 1. The van der Waals surface area contributed by atoms with Crippen molar-refractivity contribution in [1.29, 1.82) is 0 Å². The van der Waals surface area contributed by atoms with E-state index < -0.39 is 5.63 Å². The summed E-state index contributed by atoms with van der Waals surface area (Å²) in [5.41, 5.74) is 1.40. The highest BCUT2D eigenvalue weighted by atomic mass is 32.1. The van der Waals surface area contributed by atoms with E-state index in [1.54, 1.807) is 19.4 Å². The Balaban J connectivity index is 1.79. The van der Waals surface area contributed by atoms with Crippen LogP contribution >= 0.6 is 11.3 Å². The highest BCUT2D eigenvalue weighted by molar-refractivity contribution is 7.15. The summed E-state index contributed by atoms with van der Waals surface area (Å²) >= 11 is 1.41. The van der Waals surface area contributed by atoms with E-state index in [1.807, 2.05) is 26.0 Å². The molecule has 0 fully saturated rings. The summed E-state index contributed by atoms with van der Waals surface area (Å²) in [7, 11) is 1.56. The monoisotopic (exact) mass is 358 g/mol. The van der Waals surface area contributed by atoms with Crippen LogP contribution in [-0.4, -0.2) is 18.0 Å². The third-order valence-electron chi connectivity index (χ3n) is 3.96. The Morgan fingerprint density at radius 2 is 2.16 bits per heavy atom. The van der Waals surface area contributed by atoms with E-state index in [4.69, 9.17) is 9.15 Å². The van der Waals surface area contributed by atoms with Gasteiger partial charge in [0.15, 0.2) is 5.13 Å². The van der Waals surface area contributed by atoms with Crippen LogP contribution in [0.2, 0.25) is 0 Å². The lowest BCUT2D eigenvalue weighted by Gasteiger charge is -2.08. The molecule has 3 aromatic rings. The van der Waals surface area contributed by atoms with Gasteiger partial charge in [-0.2, -0.15) is 0 Å². The molecule has 25 heavy (non-hydrogen) atoms. The summed E-state index contributed by atoms with van der Waals surface area (Å²) in [4.78, 5) is 29.5. The highest BCUT2D eigenvalue weighted by Gasteiger charge is 2.14. The van der Waals surface area contributed by atoms with Crippen molar-refractivity contribution >= 4 is 33.3 Å². The minimum atomic E-state index is -0.420. The maximum atomic E-state index is 12.3. The number of nitrogens with one attached hydrogen (secondary N) is 1. The fraction of sp³-hybridized carbons (Fsp3) is 0.278. The van der Waals surface area contributed by atoms with Crippen molar-refractivity contribution in [1.82, 2.24) is 4.98 Å². The number of benzene rings is 1. The van der Waals surface area contributed by atoms with E-state index in [1.165, 1.54) is 11.3 Å². The molecule has 1 amide bonds. The van der Waals surface area contributed by atoms with E-state index in [-0.39, 0.29) is 12.3 Å². The molecule has 0 saturated carbocycles. The molecule has 0 spiro atoms. The van der Waals surface area contributed by atoms with Crippen LogP contribution in [0.15, 0.2) is 33.6 Å². The topological polar surface area (TPSA) is 81.4 Å². The van der Waals surface area contributed by atoms with Crippen LogP contribution in [0.5, 0.6) is 5.75 Å². The number of rotatable bonds is 5. The van der Waals surface area contributed by atoms with Gasteiger partial charge in [0.2, 0.25) is 5.91 Å². The third-order valence-corrected chi connectivity index (χ3v) is 4.79. The van der Waals surface area contributed by atoms with E-state index in [0.717, 1.165) is 15.8 Å². The van der Waals surface area contributed by atoms with E-state index in [0.29, 0.717) is 28.4 Å². The molecule has 0 saturated heterocycles. The van der Waals surface area contributed by atoms with Crippen LogP contribution in [0, 0.1) is 13.8 Å². The Hall–Kier alpha value is -2.67. The quantitative estimate of drug-likeness (QED) is 0.707. The van der Waals surface area contributed by atoms with E-state index in [2.05, 4.69) is 10.3 Å². The first-order chi connectivity index (χ1) is 12.0. The first-order valence-electron chi connectivity index (χ1n) is 7.80. The van der Waals surface area contributed by atoms with Gasteiger partial charge in [-0.25, -0.2) is 9.78 Å². The highest BCUT2D eigenvalue weighted by Crippen LogP contribution is 2.24. The van der Waals surface area contributed by atoms with Gasteiger partial charge in [0, 0.05) is 34.5 Å². The molecule has 6 nitrogen and oxygen atoms in total. The maximum absolute atomic E-state index is 12.3. The lowest BCUT2D eigenvalue weighted by molar-refractivity contribution is -0.116. The number of ether oxygens (including phenoxy) is 1. The van der Waals surface area contributed by atoms with Crippen LogP contribution < -0.4 is 15.7 Å². The normalized spacial score (nSPS) is 10.8. The zero-order valence-electron chi connectivity index (χ0n) is 14.2. The number of amides is 1. The van der Waals surface area contributed by atoms with Crippen molar-refractivity contribution in [2.24, 2.45) is 0 Å². The molecule has 1 aromatic carbocycles. The summed E-state index contributed by atoms with van der Waals surface area (Å²) in [6.07, 6.45) is 2.20. The minimum absolute atomic E-state index is 0.178. The molecule has 0 aliphatic carbocycles. The fourth-order valence-corrected chi connectivity index (χ4v) is 3.30. The van der Waals surface area contributed by atoms with Gasteiger partial charge < -0.3 is 14.5 Å². The zero-order chi connectivity index (χ0) is 18.0. The molecular formula is C18H18N2O4S.